The second-order valence-electron chi connectivity index (χ2n) is 5.98. The number of amides is 1. The Morgan fingerprint density at radius 1 is 1.52 bits per heavy atom. The lowest BCUT2D eigenvalue weighted by molar-refractivity contribution is -0.139. The number of ether oxygens (including phenoxy) is 1. The number of rotatable bonds is 5. The molecule has 1 aliphatic heterocycles. The first-order chi connectivity index (χ1) is 11.1. The van der Waals surface area contributed by atoms with Gasteiger partial charge in [0, 0.05) is 37.8 Å². The lowest BCUT2D eigenvalue weighted by Crippen LogP contribution is -2.42. The van der Waals surface area contributed by atoms with Crippen molar-refractivity contribution in [3.8, 4) is 0 Å². The van der Waals surface area contributed by atoms with Gasteiger partial charge < -0.3 is 14.2 Å². The highest BCUT2D eigenvalue weighted by Crippen LogP contribution is 2.21. The predicted octanol–water partition coefficient (Wildman–Crippen LogP) is 1.11. The van der Waals surface area contributed by atoms with Crippen LogP contribution in [0.2, 0.25) is 0 Å². The summed E-state index contributed by atoms with van der Waals surface area (Å²) >= 11 is 0. The summed E-state index contributed by atoms with van der Waals surface area (Å²) in [5.74, 6) is 1.85. The van der Waals surface area contributed by atoms with Gasteiger partial charge in [-0.05, 0) is 0 Å². The number of carbonyl (C=O) groups is 1. The molecule has 2 aromatic rings. The van der Waals surface area contributed by atoms with Gasteiger partial charge in [-0.15, -0.1) is 0 Å². The summed E-state index contributed by atoms with van der Waals surface area (Å²) in [7, 11) is 0. The molecule has 0 saturated carbocycles. The van der Waals surface area contributed by atoms with Crippen LogP contribution in [0, 0.1) is 0 Å². The SMILES string of the molecule is CC(C)c1n[nH]c(C2CN(C(=O)CCn3ccnc3)CCO2)n1. The maximum absolute atomic E-state index is 12.4. The first-order valence-electron chi connectivity index (χ1n) is 7.91. The van der Waals surface area contributed by atoms with E-state index in [1.165, 1.54) is 0 Å². The summed E-state index contributed by atoms with van der Waals surface area (Å²) in [6, 6.07) is 0. The Hall–Kier alpha value is -2.22. The Morgan fingerprint density at radius 3 is 3.09 bits per heavy atom. The van der Waals surface area contributed by atoms with E-state index in [0.29, 0.717) is 38.5 Å². The molecule has 0 aliphatic carbocycles. The van der Waals surface area contributed by atoms with Crippen LogP contribution >= 0.6 is 0 Å². The first-order valence-corrected chi connectivity index (χ1v) is 7.91. The van der Waals surface area contributed by atoms with Gasteiger partial charge in [-0.1, -0.05) is 13.8 Å². The molecule has 8 heteroatoms. The molecule has 2 aromatic heterocycles. The largest absolute Gasteiger partial charge is 0.367 e. The molecule has 0 radical (unpaired) electrons. The molecule has 23 heavy (non-hydrogen) atoms. The minimum Gasteiger partial charge on any atom is -0.367 e. The number of aryl methyl sites for hydroxylation is 1. The van der Waals surface area contributed by atoms with Crippen molar-refractivity contribution < 1.29 is 9.53 Å². The number of imidazole rings is 1. The fourth-order valence-corrected chi connectivity index (χ4v) is 2.53. The average molecular weight is 318 g/mol. The van der Waals surface area contributed by atoms with E-state index < -0.39 is 0 Å². The van der Waals surface area contributed by atoms with Crippen LogP contribution < -0.4 is 0 Å². The summed E-state index contributed by atoms with van der Waals surface area (Å²) in [6.07, 6.45) is 5.51. The Labute approximate surface area is 134 Å². The summed E-state index contributed by atoms with van der Waals surface area (Å²) in [6.45, 7) is 6.36. The summed E-state index contributed by atoms with van der Waals surface area (Å²) in [5.41, 5.74) is 0. The number of carbonyl (C=O) groups excluding carboxylic acids is 1. The van der Waals surface area contributed by atoms with E-state index in [0.717, 1.165) is 5.82 Å². The molecule has 1 atom stereocenters. The maximum Gasteiger partial charge on any atom is 0.224 e. The van der Waals surface area contributed by atoms with E-state index in [4.69, 9.17) is 4.74 Å². The molecule has 1 unspecified atom stereocenters. The quantitative estimate of drug-likeness (QED) is 0.892. The molecule has 1 saturated heterocycles. The standard InChI is InChI=1S/C15H22N6O2/c1-11(2)14-17-15(19-18-14)12-9-21(7-8-23-12)13(22)3-5-20-6-4-16-10-20/h4,6,10-12H,3,5,7-9H2,1-2H3,(H,17,18,19). The molecule has 0 spiro atoms. The number of aromatic nitrogens is 5. The van der Waals surface area contributed by atoms with E-state index in [1.807, 2.05) is 29.5 Å². The lowest BCUT2D eigenvalue weighted by atomic mass is 10.2. The smallest absolute Gasteiger partial charge is 0.224 e. The highest BCUT2D eigenvalue weighted by atomic mass is 16.5. The summed E-state index contributed by atoms with van der Waals surface area (Å²) < 4.78 is 7.65. The van der Waals surface area contributed by atoms with Crippen LogP contribution in [0.25, 0.3) is 0 Å². The van der Waals surface area contributed by atoms with E-state index in [9.17, 15) is 4.79 Å². The fourth-order valence-electron chi connectivity index (χ4n) is 2.53. The van der Waals surface area contributed by atoms with Crippen molar-refractivity contribution in [3.63, 3.8) is 0 Å². The molecular weight excluding hydrogens is 296 g/mol. The van der Waals surface area contributed by atoms with Crippen LogP contribution in [0.1, 0.15) is 43.9 Å². The minimum absolute atomic E-state index is 0.121. The van der Waals surface area contributed by atoms with Crippen LogP contribution in [0.5, 0.6) is 0 Å². The molecule has 1 amide bonds. The Bertz CT molecular complexity index is 636. The van der Waals surface area contributed by atoms with Crippen molar-refractivity contribution in [1.82, 2.24) is 29.6 Å². The number of nitrogens with one attached hydrogen (secondary N) is 1. The van der Waals surface area contributed by atoms with Crippen molar-refractivity contribution in [2.45, 2.75) is 38.8 Å². The molecular formula is C15H22N6O2. The van der Waals surface area contributed by atoms with Crippen molar-refractivity contribution in [2.24, 2.45) is 0 Å². The molecule has 3 rings (SSSR count). The fraction of sp³-hybridized carbons (Fsp3) is 0.600. The second kappa shape index (κ2) is 6.91. The van der Waals surface area contributed by atoms with Crippen LogP contribution in [0.4, 0.5) is 0 Å². The average Bonchev–Trinajstić information content (AvgIpc) is 3.24. The van der Waals surface area contributed by atoms with Gasteiger partial charge in [0.25, 0.3) is 0 Å². The highest BCUT2D eigenvalue weighted by Gasteiger charge is 2.27. The van der Waals surface area contributed by atoms with Gasteiger partial charge in [-0.25, -0.2) is 9.97 Å². The zero-order valence-electron chi connectivity index (χ0n) is 13.5. The maximum atomic E-state index is 12.4. The third kappa shape index (κ3) is 3.76. The monoisotopic (exact) mass is 318 g/mol. The molecule has 1 aliphatic rings. The van der Waals surface area contributed by atoms with Crippen LogP contribution in [0.15, 0.2) is 18.7 Å². The molecule has 1 N–H and O–H groups in total. The van der Waals surface area contributed by atoms with Gasteiger partial charge in [0.1, 0.15) is 6.10 Å². The first kappa shape index (κ1) is 15.7. The van der Waals surface area contributed by atoms with Gasteiger partial charge in [0.2, 0.25) is 5.91 Å². The zero-order valence-corrected chi connectivity index (χ0v) is 13.5. The molecule has 124 valence electrons. The topological polar surface area (TPSA) is 88.9 Å². The van der Waals surface area contributed by atoms with Gasteiger partial charge >= 0.3 is 0 Å². The molecule has 1 fully saturated rings. The predicted molar refractivity (Wildman–Crippen MR) is 82.6 cm³/mol. The van der Waals surface area contributed by atoms with E-state index >= 15 is 0 Å². The van der Waals surface area contributed by atoms with Crippen molar-refractivity contribution in [1.29, 1.82) is 0 Å². The Morgan fingerprint density at radius 2 is 2.39 bits per heavy atom. The number of hydrogen-bond donors (Lipinski definition) is 1. The molecule has 0 bridgehead atoms. The van der Waals surface area contributed by atoms with Gasteiger partial charge in [-0.3, -0.25) is 9.89 Å². The molecule has 8 nitrogen and oxygen atoms in total. The highest BCUT2D eigenvalue weighted by molar-refractivity contribution is 5.76. The third-order valence-electron chi connectivity index (χ3n) is 3.90. The number of H-pyrrole nitrogens is 1. The van der Waals surface area contributed by atoms with Crippen LogP contribution in [-0.4, -0.2) is 55.2 Å². The van der Waals surface area contributed by atoms with E-state index in [1.54, 1.807) is 12.5 Å². The van der Waals surface area contributed by atoms with Crippen molar-refractivity contribution in [2.75, 3.05) is 19.7 Å². The van der Waals surface area contributed by atoms with Crippen LogP contribution in [0.3, 0.4) is 0 Å². The van der Waals surface area contributed by atoms with Crippen molar-refractivity contribution in [3.05, 3.63) is 30.4 Å². The Balaban J connectivity index is 1.57. The zero-order chi connectivity index (χ0) is 16.2. The molecule has 3 heterocycles. The van der Waals surface area contributed by atoms with Gasteiger partial charge in [0.15, 0.2) is 11.6 Å². The summed E-state index contributed by atoms with van der Waals surface area (Å²) in [5, 5.41) is 7.14. The van der Waals surface area contributed by atoms with Crippen LogP contribution in [-0.2, 0) is 16.1 Å². The Kier molecular flexibility index (Phi) is 4.71. The second-order valence-corrected chi connectivity index (χ2v) is 5.98. The van der Waals surface area contributed by atoms with Gasteiger partial charge in [0.05, 0.1) is 19.5 Å². The van der Waals surface area contributed by atoms with Gasteiger partial charge in [-0.2, -0.15) is 5.10 Å². The van der Waals surface area contributed by atoms with E-state index in [-0.39, 0.29) is 17.9 Å². The van der Waals surface area contributed by atoms with Crippen molar-refractivity contribution >= 4 is 5.91 Å². The lowest BCUT2D eigenvalue weighted by Gasteiger charge is -2.32. The number of nitrogens with zero attached hydrogens (tertiary/aromatic N) is 5. The molecule has 0 aromatic carbocycles. The third-order valence-corrected chi connectivity index (χ3v) is 3.90. The number of aromatic amines is 1. The summed E-state index contributed by atoms with van der Waals surface area (Å²) in [4.78, 5) is 22.7. The number of morpholine rings is 1. The number of hydrogen-bond acceptors (Lipinski definition) is 5. The van der Waals surface area contributed by atoms with E-state index in [2.05, 4.69) is 20.2 Å². The minimum atomic E-state index is -0.235. The normalized spacial score (nSPS) is 18.6.